The number of benzene rings is 1. The van der Waals surface area contributed by atoms with Gasteiger partial charge in [0.1, 0.15) is 5.01 Å². The maximum atomic E-state index is 12.1. The Balaban J connectivity index is 0.00000220. The van der Waals surface area contributed by atoms with Gasteiger partial charge in [-0.25, -0.2) is 4.98 Å². The van der Waals surface area contributed by atoms with Crippen LogP contribution in [0.4, 0.5) is 5.69 Å². The lowest BCUT2D eigenvalue weighted by Crippen LogP contribution is -2.41. The number of anilines is 1. The van der Waals surface area contributed by atoms with Gasteiger partial charge >= 0.3 is 0 Å². The number of thiazole rings is 1. The zero-order chi connectivity index (χ0) is 14.6. The fourth-order valence-electron chi connectivity index (χ4n) is 2.01. The molecule has 1 heterocycles. The number of rotatable bonds is 5. The molecule has 2 rings (SSSR count). The van der Waals surface area contributed by atoms with Crippen LogP contribution in [-0.4, -0.2) is 10.9 Å². The molecule has 0 spiro atoms. The molecule has 7 heteroatoms. The molecule has 22 heavy (non-hydrogen) atoms. The first-order chi connectivity index (χ1) is 9.49. The normalized spacial score (nSPS) is 10.3. The highest BCUT2D eigenvalue weighted by Gasteiger charge is 2.25. The summed E-state index contributed by atoms with van der Waals surface area (Å²) in [6.45, 7) is 3.92. The average Bonchev–Trinajstić information content (AvgIpc) is 2.92. The van der Waals surface area contributed by atoms with E-state index in [0.29, 0.717) is 12.8 Å². The molecule has 0 aliphatic heterocycles. The lowest BCUT2D eigenvalue weighted by Gasteiger charge is -2.23. The number of aryl methyl sites for hydroxylation is 1. The van der Waals surface area contributed by atoms with Gasteiger partial charge in [-0.3, -0.25) is 4.79 Å². The second-order valence-electron chi connectivity index (χ2n) is 5.21. The molecule has 4 nitrogen and oxygen atoms in total. The van der Waals surface area contributed by atoms with E-state index in [0.717, 1.165) is 16.3 Å². The van der Waals surface area contributed by atoms with E-state index in [-0.39, 0.29) is 30.7 Å². The fourth-order valence-corrected chi connectivity index (χ4v) is 2.72. The van der Waals surface area contributed by atoms with Crippen molar-refractivity contribution in [3.63, 3.8) is 0 Å². The maximum Gasteiger partial charge on any atom is 0.221 e. The first-order valence-corrected chi connectivity index (χ1v) is 7.41. The summed E-state index contributed by atoms with van der Waals surface area (Å²) < 4.78 is 0. The molecule has 0 aliphatic rings. The Morgan fingerprint density at radius 1 is 1.32 bits per heavy atom. The Hall–Kier alpha value is -1.30. The third kappa shape index (κ3) is 5.48. The van der Waals surface area contributed by atoms with Gasteiger partial charge in [-0.2, -0.15) is 0 Å². The topological polar surface area (TPSA) is 68.0 Å². The summed E-state index contributed by atoms with van der Waals surface area (Å²) in [5, 5.41) is 5.83. The summed E-state index contributed by atoms with van der Waals surface area (Å²) in [6, 6.07) is 7.63. The van der Waals surface area contributed by atoms with Crippen molar-refractivity contribution >= 4 is 47.7 Å². The van der Waals surface area contributed by atoms with Crippen molar-refractivity contribution in [3.05, 3.63) is 46.4 Å². The number of aromatic nitrogens is 1. The molecule has 0 radical (unpaired) electrons. The highest BCUT2D eigenvalue weighted by Crippen LogP contribution is 2.22. The molecule has 3 N–H and O–H groups in total. The van der Waals surface area contributed by atoms with E-state index in [1.807, 2.05) is 43.5 Å². The number of hydrogen-bond acceptors (Lipinski definition) is 4. The zero-order valence-corrected chi connectivity index (χ0v) is 15.0. The van der Waals surface area contributed by atoms with Gasteiger partial charge in [0, 0.05) is 23.7 Å². The van der Waals surface area contributed by atoms with Crippen LogP contribution in [0.25, 0.3) is 0 Å². The van der Waals surface area contributed by atoms with Crippen LogP contribution in [0.3, 0.4) is 0 Å². The van der Waals surface area contributed by atoms with Gasteiger partial charge in [-0.1, -0.05) is 18.2 Å². The molecule has 0 saturated heterocycles. The predicted octanol–water partition coefficient (Wildman–Crippen LogP) is 3.55. The zero-order valence-electron chi connectivity index (χ0n) is 12.5. The monoisotopic (exact) mass is 361 g/mol. The maximum absolute atomic E-state index is 12.1. The predicted molar refractivity (Wildman–Crippen MR) is 97.0 cm³/mol. The van der Waals surface area contributed by atoms with E-state index < -0.39 is 5.54 Å². The lowest BCUT2D eigenvalue weighted by atomic mass is 10.0. The first kappa shape index (κ1) is 20.7. The smallest absolute Gasteiger partial charge is 0.221 e. The lowest BCUT2D eigenvalue weighted by molar-refractivity contribution is -0.122. The van der Waals surface area contributed by atoms with E-state index in [4.69, 9.17) is 5.73 Å². The second kappa shape index (κ2) is 8.98. The largest absolute Gasteiger partial charge is 0.399 e. The van der Waals surface area contributed by atoms with Crippen LogP contribution < -0.4 is 11.1 Å². The van der Waals surface area contributed by atoms with Crippen LogP contribution in [0, 0.1) is 0 Å². The van der Waals surface area contributed by atoms with Crippen molar-refractivity contribution in [1.29, 1.82) is 0 Å². The van der Waals surface area contributed by atoms with Gasteiger partial charge in [0.2, 0.25) is 5.91 Å². The number of halogens is 2. The number of nitrogens with two attached hydrogens (primary N) is 1. The fraction of sp³-hybridized carbons (Fsp3) is 0.333. The molecule has 2 aromatic rings. The Morgan fingerprint density at radius 2 is 2.00 bits per heavy atom. The van der Waals surface area contributed by atoms with Crippen molar-refractivity contribution < 1.29 is 4.79 Å². The second-order valence-corrected chi connectivity index (χ2v) is 6.10. The standard InChI is InChI=1S/C15H19N3OS.2ClH/c1-15(2,14-17-9-10-20-14)18-13(19)8-7-11-5-3-4-6-12(11)16;;/h3-6,9-10H,7-8,16H2,1-2H3,(H,18,19);2*1H. The minimum atomic E-state index is -0.437. The first-order valence-electron chi connectivity index (χ1n) is 6.53. The molecule has 1 aromatic carbocycles. The molecule has 0 atom stereocenters. The molecule has 1 aromatic heterocycles. The van der Waals surface area contributed by atoms with E-state index in [2.05, 4.69) is 10.3 Å². The number of carbonyl (C=O) groups is 1. The van der Waals surface area contributed by atoms with E-state index >= 15 is 0 Å². The van der Waals surface area contributed by atoms with Crippen LogP contribution in [0.2, 0.25) is 0 Å². The third-order valence-corrected chi connectivity index (χ3v) is 4.19. The van der Waals surface area contributed by atoms with Gasteiger partial charge < -0.3 is 11.1 Å². The molecular weight excluding hydrogens is 341 g/mol. The highest BCUT2D eigenvalue weighted by molar-refractivity contribution is 7.09. The number of nitrogens with one attached hydrogen (secondary N) is 1. The summed E-state index contributed by atoms with van der Waals surface area (Å²) in [5.41, 5.74) is 7.18. The number of para-hydroxylation sites is 1. The summed E-state index contributed by atoms with van der Waals surface area (Å²) in [5.74, 6) is 0.00783. The summed E-state index contributed by atoms with van der Waals surface area (Å²) >= 11 is 1.54. The van der Waals surface area contributed by atoms with E-state index in [1.165, 1.54) is 0 Å². The molecular formula is C15H21Cl2N3OS. The summed E-state index contributed by atoms with van der Waals surface area (Å²) in [4.78, 5) is 16.3. The van der Waals surface area contributed by atoms with Gasteiger partial charge in [0.05, 0.1) is 5.54 Å². The summed E-state index contributed by atoms with van der Waals surface area (Å²) in [7, 11) is 0. The van der Waals surface area contributed by atoms with Crippen molar-refractivity contribution in [2.75, 3.05) is 5.73 Å². The summed E-state index contributed by atoms with van der Waals surface area (Å²) in [6.07, 6.45) is 2.81. The van der Waals surface area contributed by atoms with Crippen LogP contribution >= 0.6 is 36.2 Å². The Labute approximate surface area is 147 Å². The van der Waals surface area contributed by atoms with E-state index in [9.17, 15) is 4.79 Å². The number of hydrogen-bond donors (Lipinski definition) is 2. The third-order valence-electron chi connectivity index (χ3n) is 3.10. The Kier molecular flexibility index (Phi) is 8.45. The molecule has 122 valence electrons. The van der Waals surface area contributed by atoms with Crippen molar-refractivity contribution in [2.24, 2.45) is 0 Å². The molecule has 0 aliphatic carbocycles. The molecule has 0 unspecified atom stereocenters. The molecule has 0 saturated carbocycles. The van der Waals surface area contributed by atoms with Crippen LogP contribution in [0.5, 0.6) is 0 Å². The Bertz CT molecular complexity index is 588. The molecule has 1 amide bonds. The van der Waals surface area contributed by atoms with Crippen molar-refractivity contribution in [3.8, 4) is 0 Å². The molecule has 0 fully saturated rings. The molecule has 0 bridgehead atoms. The minimum Gasteiger partial charge on any atom is -0.399 e. The van der Waals surface area contributed by atoms with Gasteiger partial charge in [0.15, 0.2) is 0 Å². The number of nitrogens with zero attached hydrogens (tertiary/aromatic N) is 1. The number of amides is 1. The van der Waals surface area contributed by atoms with Crippen LogP contribution in [0.1, 0.15) is 30.8 Å². The quantitative estimate of drug-likeness (QED) is 0.800. The van der Waals surface area contributed by atoms with Crippen LogP contribution in [-0.2, 0) is 16.8 Å². The van der Waals surface area contributed by atoms with Crippen LogP contribution in [0.15, 0.2) is 35.8 Å². The average molecular weight is 362 g/mol. The van der Waals surface area contributed by atoms with Crippen molar-refractivity contribution in [1.82, 2.24) is 10.3 Å². The van der Waals surface area contributed by atoms with E-state index in [1.54, 1.807) is 17.5 Å². The number of nitrogen functional groups attached to an aromatic ring is 1. The van der Waals surface area contributed by atoms with Crippen molar-refractivity contribution in [2.45, 2.75) is 32.2 Å². The number of carbonyl (C=O) groups excluding carboxylic acids is 1. The SMILES string of the molecule is CC(C)(NC(=O)CCc1ccccc1N)c1nccs1.Cl.Cl. The Morgan fingerprint density at radius 3 is 2.59 bits per heavy atom. The van der Waals surface area contributed by atoms with Gasteiger partial charge in [0.25, 0.3) is 0 Å². The highest BCUT2D eigenvalue weighted by atomic mass is 35.5. The van der Waals surface area contributed by atoms with Gasteiger partial charge in [-0.05, 0) is 31.9 Å². The minimum absolute atomic E-state index is 0. The van der Waals surface area contributed by atoms with Gasteiger partial charge in [-0.15, -0.1) is 36.2 Å².